The molecule has 5 heteroatoms. The van der Waals surface area contributed by atoms with Gasteiger partial charge >= 0.3 is 0 Å². The van der Waals surface area contributed by atoms with Gasteiger partial charge < -0.3 is 5.32 Å². The molecule has 1 heterocycles. The van der Waals surface area contributed by atoms with Crippen LogP contribution in [0.15, 0.2) is 24.4 Å². The Bertz CT molecular complexity index is 506. The van der Waals surface area contributed by atoms with Crippen LogP contribution in [0.5, 0.6) is 0 Å². The van der Waals surface area contributed by atoms with Crippen molar-refractivity contribution in [2.24, 2.45) is 7.05 Å². The average Bonchev–Trinajstić information content (AvgIpc) is 2.59. The number of carbonyl (C=O) groups excluding carboxylic acids is 1. The molecule has 1 amide bonds. The molecule has 4 nitrogen and oxygen atoms in total. The fraction of sp³-hybridized carbons (Fsp3) is 0.200. The molecule has 0 bridgehead atoms. The number of nitrogens with zero attached hydrogens (tertiary/aromatic N) is 2. The van der Waals surface area contributed by atoms with Crippen molar-refractivity contribution in [3.8, 4) is 0 Å². The van der Waals surface area contributed by atoms with Gasteiger partial charge in [-0.15, -0.1) is 11.6 Å². The van der Waals surface area contributed by atoms with E-state index >= 15 is 0 Å². The summed E-state index contributed by atoms with van der Waals surface area (Å²) in [5, 5.41) is 7.95. The van der Waals surface area contributed by atoms with Crippen LogP contribution >= 0.6 is 11.6 Å². The molecule has 0 saturated carbocycles. The number of hydrogen-bond donors (Lipinski definition) is 1. The van der Waals surface area contributed by atoms with E-state index in [1.807, 2.05) is 25.4 Å². The van der Waals surface area contributed by atoms with E-state index in [0.717, 1.165) is 10.9 Å². The number of nitrogens with one attached hydrogen (secondary N) is 1. The quantitative estimate of drug-likeness (QED) is 0.789. The fourth-order valence-electron chi connectivity index (χ4n) is 1.45. The zero-order valence-electron chi connectivity index (χ0n) is 8.20. The summed E-state index contributed by atoms with van der Waals surface area (Å²) in [6.07, 6.45) is 1.89. The van der Waals surface area contributed by atoms with E-state index in [1.165, 1.54) is 0 Å². The lowest BCUT2D eigenvalue weighted by molar-refractivity contribution is -0.113. The molecular formula is C10H10ClN3O. The number of rotatable bonds is 2. The van der Waals surface area contributed by atoms with Crippen molar-refractivity contribution >= 4 is 34.1 Å². The topological polar surface area (TPSA) is 46.9 Å². The first-order valence-corrected chi connectivity index (χ1v) is 5.02. The lowest BCUT2D eigenvalue weighted by atomic mass is 10.2. The average molecular weight is 224 g/mol. The Morgan fingerprint density at radius 3 is 3.13 bits per heavy atom. The van der Waals surface area contributed by atoms with E-state index in [1.54, 1.807) is 10.7 Å². The van der Waals surface area contributed by atoms with Crippen molar-refractivity contribution in [1.29, 1.82) is 0 Å². The molecule has 0 atom stereocenters. The molecule has 2 rings (SSSR count). The predicted molar refractivity (Wildman–Crippen MR) is 60.1 cm³/mol. The first-order chi connectivity index (χ1) is 7.20. The Hall–Kier alpha value is -1.55. The number of carbonyl (C=O) groups is 1. The Kier molecular flexibility index (Phi) is 2.60. The normalized spacial score (nSPS) is 10.5. The minimum Gasteiger partial charge on any atom is -0.323 e. The van der Waals surface area contributed by atoms with Crippen LogP contribution in [-0.2, 0) is 11.8 Å². The third kappa shape index (κ3) is 1.94. The Labute approximate surface area is 91.8 Å². The second kappa shape index (κ2) is 3.90. The summed E-state index contributed by atoms with van der Waals surface area (Å²) in [6, 6.07) is 5.62. The van der Waals surface area contributed by atoms with E-state index in [-0.39, 0.29) is 11.8 Å². The SMILES string of the molecule is Cn1cc2cccc(NC(=O)CCl)c2n1. The highest BCUT2D eigenvalue weighted by Crippen LogP contribution is 2.21. The van der Waals surface area contributed by atoms with Crippen LogP contribution in [0.25, 0.3) is 10.9 Å². The maximum atomic E-state index is 11.2. The maximum Gasteiger partial charge on any atom is 0.239 e. The van der Waals surface area contributed by atoms with Crippen molar-refractivity contribution in [3.05, 3.63) is 24.4 Å². The number of anilines is 1. The molecule has 0 spiro atoms. The largest absolute Gasteiger partial charge is 0.323 e. The van der Waals surface area contributed by atoms with E-state index in [2.05, 4.69) is 10.4 Å². The molecule has 0 aliphatic rings. The zero-order chi connectivity index (χ0) is 10.8. The molecule has 0 fully saturated rings. The zero-order valence-corrected chi connectivity index (χ0v) is 8.95. The summed E-state index contributed by atoms with van der Waals surface area (Å²) in [4.78, 5) is 11.2. The number of hydrogen-bond acceptors (Lipinski definition) is 2. The van der Waals surface area contributed by atoms with Gasteiger partial charge in [-0.3, -0.25) is 9.48 Å². The van der Waals surface area contributed by atoms with Crippen LogP contribution in [0.4, 0.5) is 5.69 Å². The lowest BCUT2D eigenvalue weighted by Crippen LogP contribution is -2.12. The number of aryl methyl sites for hydroxylation is 1. The molecule has 0 radical (unpaired) electrons. The van der Waals surface area contributed by atoms with E-state index in [9.17, 15) is 4.79 Å². The van der Waals surface area contributed by atoms with Gasteiger partial charge in [0.1, 0.15) is 11.4 Å². The molecule has 15 heavy (non-hydrogen) atoms. The van der Waals surface area contributed by atoms with E-state index < -0.39 is 0 Å². The summed E-state index contributed by atoms with van der Waals surface area (Å²) in [7, 11) is 1.84. The van der Waals surface area contributed by atoms with Crippen molar-refractivity contribution < 1.29 is 4.79 Å². The van der Waals surface area contributed by atoms with Crippen LogP contribution in [-0.4, -0.2) is 21.6 Å². The minimum atomic E-state index is -0.227. The van der Waals surface area contributed by atoms with Gasteiger partial charge in [-0.2, -0.15) is 5.10 Å². The number of fused-ring (bicyclic) bond motifs is 1. The molecule has 0 aliphatic carbocycles. The maximum absolute atomic E-state index is 11.2. The highest BCUT2D eigenvalue weighted by molar-refractivity contribution is 6.29. The second-order valence-corrected chi connectivity index (χ2v) is 3.50. The van der Waals surface area contributed by atoms with Crippen LogP contribution in [0.1, 0.15) is 0 Å². The molecule has 1 aromatic heterocycles. The molecule has 2 aromatic rings. The van der Waals surface area contributed by atoms with Crippen LogP contribution in [0, 0.1) is 0 Å². The molecule has 78 valence electrons. The summed E-state index contributed by atoms with van der Waals surface area (Å²) in [5.74, 6) is -0.279. The lowest BCUT2D eigenvalue weighted by Gasteiger charge is -2.02. The van der Waals surface area contributed by atoms with Gasteiger partial charge in [0.25, 0.3) is 0 Å². The van der Waals surface area contributed by atoms with Crippen molar-refractivity contribution in [3.63, 3.8) is 0 Å². The fourth-order valence-corrected chi connectivity index (χ4v) is 1.52. The van der Waals surface area contributed by atoms with Gasteiger partial charge in [0.2, 0.25) is 5.91 Å². The number of halogens is 1. The molecule has 0 saturated heterocycles. The van der Waals surface area contributed by atoms with Crippen LogP contribution in [0.2, 0.25) is 0 Å². The number of benzene rings is 1. The molecule has 0 aliphatic heterocycles. The standard InChI is InChI=1S/C10H10ClN3O/c1-14-6-7-3-2-4-8(10(7)13-14)12-9(15)5-11/h2-4,6H,5H2,1H3,(H,12,15). The van der Waals surface area contributed by atoms with Crippen molar-refractivity contribution in [2.45, 2.75) is 0 Å². The Morgan fingerprint density at radius 1 is 1.60 bits per heavy atom. The first-order valence-electron chi connectivity index (χ1n) is 4.49. The Balaban J connectivity index is 2.46. The number of aromatic nitrogens is 2. The van der Waals surface area contributed by atoms with Gasteiger partial charge in [-0.05, 0) is 6.07 Å². The van der Waals surface area contributed by atoms with Gasteiger partial charge in [-0.1, -0.05) is 12.1 Å². The summed E-state index contributed by atoms with van der Waals surface area (Å²) < 4.78 is 1.71. The monoisotopic (exact) mass is 223 g/mol. The first kappa shape index (κ1) is 9.98. The second-order valence-electron chi connectivity index (χ2n) is 3.23. The van der Waals surface area contributed by atoms with Crippen molar-refractivity contribution in [1.82, 2.24) is 9.78 Å². The van der Waals surface area contributed by atoms with Crippen LogP contribution < -0.4 is 5.32 Å². The Morgan fingerprint density at radius 2 is 2.40 bits per heavy atom. The minimum absolute atomic E-state index is 0.0524. The molecular weight excluding hydrogens is 214 g/mol. The van der Waals surface area contributed by atoms with E-state index in [4.69, 9.17) is 11.6 Å². The highest BCUT2D eigenvalue weighted by atomic mass is 35.5. The molecule has 1 N–H and O–H groups in total. The van der Waals surface area contributed by atoms with Crippen molar-refractivity contribution in [2.75, 3.05) is 11.2 Å². The van der Waals surface area contributed by atoms with Gasteiger partial charge in [0.15, 0.2) is 0 Å². The van der Waals surface area contributed by atoms with Gasteiger partial charge in [-0.25, -0.2) is 0 Å². The predicted octanol–water partition coefficient (Wildman–Crippen LogP) is 1.75. The number of alkyl halides is 1. The van der Waals surface area contributed by atoms with Gasteiger partial charge in [0, 0.05) is 18.6 Å². The third-order valence-corrected chi connectivity index (χ3v) is 2.29. The smallest absolute Gasteiger partial charge is 0.239 e. The van der Waals surface area contributed by atoms with E-state index in [0.29, 0.717) is 5.69 Å². The highest BCUT2D eigenvalue weighted by Gasteiger charge is 2.06. The van der Waals surface area contributed by atoms with Gasteiger partial charge in [0.05, 0.1) is 5.69 Å². The number of amides is 1. The molecule has 0 unspecified atom stereocenters. The summed E-state index contributed by atoms with van der Waals surface area (Å²) in [6.45, 7) is 0. The van der Waals surface area contributed by atoms with Crippen LogP contribution in [0.3, 0.4) is 0 Å². The molecule has 1 aromatic carbocycles. The summed E-state index contributed by atoms with van der Waals surface area (Å²) in [5.41, 5.74) is 1.47. The summed E-state index contributed by atoms with van der Waals surface area (Å²) >= 11 is 5.42. The third-order valence-electron chi connectivity index (χ3n) is 2.05.